The molecule has 0 N–H and O–H groups in total. The van der Waals surface area contributed by atoms with E-state index in [1.54, 1.807) is 90.1 Å². The van der Waals surface area contributed by atoms with Crippen molar-refractivity contribution in [3.8, 4) is 0 Å². The van der Waals surface area contributed by atoms with Crippen molar-refractivity contribution in [2.24, 2.45) is 0 Å². The quantitative estimate of drug-likeness (QED) is 0.287. The second-order valence-corrected chi connectivity index (χ2v) is 10.1. The Kier molecular flexibility index (Phi) is 7.87. The summed E-state index contributed by atoms with van der Waals surface area (Å²) in [6.07, 6.45) is -3.12. The second-order valence-electron chi connectivity index (χ2n) is 10.1. The molecule has 0 radical (unpaired) electrons. The average Bonchev–Trinajstić information content (AvgIpc) is 2.79. The number of carbonyl (C=O) groups is 3. The minimum atomic E-state index is -1.09. The van der Waals surface area contributed by atoms with E-state index in [-0.39, 0.29) is 12.3 Å². The maximum atomic E-state index is 13.5. The Morgan fingerprint density at radius 3 is 1.86 bits per heavy atom. The van der Waals surface area contributed by atoms with Crippen LogP contribution in [-0.2, 0) is 20.8 Å². The summed E-state index contributed by atoms with van der Waals surface area (Å²) in [7, 11) is 0. The lowest BCUT2D eigenvalue weighted by Crippen LogP contribution is -2.55. The minimum Gasteiger partial charge on any atom is -0.443 e. The van der Waals surface area contributed by atoms with Crippen LogP contribution in [0.2, 0.25) is 0 Å². The third-order valence-electron chi connectivity index (χ3n) is 4.71. The Balaban J connectivity index is 2.12. The van der Waals surface area contributed by atoms with Gasteiger partial charge in [-0.1, -0.05) is 66.7 Å². The van der Waals surface area contributed by atoms with Crippen LogP contribution in [0.5, 0.6) is 0 Å². The van der Waals surface area contributed by atoms with Crippen molar-refractivity contribution in [2.75, 3.05) is 5.01 Å². The molecule has 0 heterocycles. The number of carbonyl (C=O) groups excluding carboxylic acids is 3. The van der Waals surface area contributed by atoms with Crippen LogP contribution in [0.25, 0.3) is 10.8 Å². The molecule has 36 heavy (non-hydrogen) atoms. The van der Waals surface area contributed by atoms with Gasteiger partial charge >= 0.3 is 18.3 Å². The van der Waals surface area contributed by atoms with Gasteiger partial charge in [-0.2, -0.15) is 5.01 Å². The van der Waals surface area contributed by atoms with Gasteiger partial charge in [0.05, 0.1) is 5.69 Å². The summed E-state index contributed by atoms with van der Waals surface area (Å²) >= 11 is 0. The molecule has 0 spiro atoms. The first-order valence-corrected chi connectivity index (χ1v) is 11.6. The molecule has 0 aromatic heterocycles. The molecule has 190 valence electrons. The Labute approximate surface area is 211 Å². The second kappa shape index (κ2) is 10.7. The Morgan fingerprint density at radius 2 is 1.22 bits per heavy atom. The predicted octanol–water partition coefficient (Wildman–Crippen LogP) is 7.07. The fourth-order valence-electron chi connectivity index (χ4n) is 3.31. The highest BCUT2D eigenvalue weighted by Crippen LogP contribution is 2.30. The molecule has 0 saturated carbocycles. The smallest absolute Gasteiger partial charge is 0.440 e. The number of hydrogen-bond acceptors (Lipinski definition) is 6. The van der Waals surface area contributed by atoms with Gasteiger partial charge in [-0.25, -0.2) is 14.4 Å². The normalized spacial score (nSPS) is 11.5. The first-order valence-electron chi connectivity index (χ1n) is 11.6. The van der Waals surface area contributed by atoms with Gasteiger partial charge in [-0.3, -0.25) is 0 Å². The van der Waals surface area contributed by atoms with E-state index in [0.29, 0.717) is 16.0 Å². The van der Waals surface area contributed by atoms with Gasteiger partial charge in [0.25, 0.3) is 0 Å². The standard InChI is InChI=1S/C28H32N2O6/c1-27(2,3)35-25(32)29(23-18-12-16-21-15-10-11-17-22(21)23)30(26(33)36-28(4,5)6)24(31)34-19-20-13-8-7-9-14-20/h7-18H,19H2,1-6H3. The van der Waals surface area contributed by atoms with Gasteiger partial charge in [-0.15, -0.1) is 5.01 Å². The summed E-state index contributed by atoms with van der Waals surface area (Å²) in [5, 5.41) is 2.83. The predicted molar refractivity (Wildman–Crippen MR) is 137 cm³/mol. The van der Waals surface area contributed by atoms with Gasteiger partial charge < -0.3 is 14.2 Å². The molecule has 0 aliphatic rings. The molecule has 0 aliphatic carbocycles. The fourth-order valence-corrected chi connectivity index (χ4v) is 3.31. The first kappa shape index (κ1) is 26.5. The number of ether oxygens (including phenoxy) is 3. The van der Waals surface area contributed by atoms with Gasteiger partial charge in [-0.05, 0) is 58.6 Å². The number of imide groups is 1. The van der Waals surface area contributed by atoms with Crippen LogP contribution in [0, 0.1) is 0 Å². The molecule has 0 saturated heterocycles. The van der Waals surface area contributed by atoms with Crippen LogP contribution in [0.4, 0.5) is 20.1 Å². The SMILES string of the molecule is CC(C)(C)OC(=O)N(C(=O)OCc1ccccc1)N(C(=O)OC(C)(C)C)c1cccc2ccccc12. The van der Waals surface area contributed by atoms with Crippen molar-refractivity contribution in [2.45, 2.75) is 59.4 Å². The lowest BCUT2D eigenvalue weighted by atomic mass is 10.1. The van der Waals surface area contributed by atoms with Gasteiger partial charge in [0.15, 0.2) is 0 Å². The van der Waals surface area contributed by atoms with Crippen LogP contribution < -0.4 is 5.01 Å². The Hall–Kier alpha value is -4.07. The molecule has 3 aromatic rings. The molecule has 3 aromatic carbocycles. The molecule has 8 nitrogen and oxygen atoms in total. The van der Waals surface area contributed by atoms with Crippen LogP contribution >= 0.6 is 0 Å². The third-order valence-corrected chi connectivity index (χ3v) is 4.71. The van der Waals surface area contributed by atoms with E-state index in [4.69, 9.17) is 14.2 Å². The van der Waals surface area contributed by atoms with Crippen molar-refractivity contribution in [1.29, 1.82) is 0 Å². The molecule has 0 unspecified atom stereocenters. The van der Waals surface area contributed by atoms with E-state index in [1.807, 2.05) is 24.3 Å². The zero-order valence-electron chi connectivity index (χ0n) is 21.5. The van der Waals surface area contributed by atoms with Crippen LogP contribution in [-0.4, -0.2) is 34.5 Å². The average molecular weight is 493 g/mol. The van der Waals surface area contributed by atoms with Crippen LogP contribution in [0.1, 0.15) is 47.1 Å². The molecule has 0 atom stereocenters. The summed E-state index contributed by atoms with van der Waals surface area (Å²) in [4.78, 5) is 40.3. The number of hydrogen-bond donors (Lipinski definition) is 0. The van der Waals surface area contributed by atoms with E-state index in [9.17, 15) is 14.4 Å². The first-order chi connectivity index (χ1) is 16.9. The molecule has 3 amide bonds. The molecule has 3 rings (SSSR count). The number of hydrazine groups is 1. The summed E-state index contributed by atoms with van der Waals surface area (Å²) in [6, 6.07) is 21.5. The molecular formula is C28H32N2O6. The van der Waals surface area contributed by atoms with E-state index in [0.717, 1.165) is 10.4 Å². The van der Waals surface area contributed by atoms with Crippen molar-refractivity contribution in [1.82, 2.24) is 5.01 Å². The maximum absolute atomic E-state index is 13.5. The highest BCUT2D eigenvalue weighted by Gasteiger charge is 2.40. The summed E-state index contributed by atoms with van der Waals surface area (Å²) in [6.45, 7) is 9.94. The van der Waals surface area contributed by atoms with E-state index >= 15 is 0 Å². The molecule has 0 bridgehead atoms. The van der Waals surface area contributed by atoms with Gasteiger partial charge in [0.2, 0.25) is 0 Å². The molecule has 0 aliphatic heterocycles. The highest BCUT2D eigenvalue weighted by molar-refractivity contribution is 6.06. The van der Waals surface area contributed by atoms with E-state index < -0.39 is 29.5 Å². The number of fused-ring (bicyclic) bond motifs is 1. The molecular weight excluding hydrogens is 460 g/mol. The van der Waals surface area contributed by atoms with Crippen molar-refractivity contribution in [3.05, 3.63) is 78.4 Å². The topological polar surface area (TPSA) is 85.4 Å². The number of rotatable bonds is 3. The number of benzene rings is 3. The van der Waals surface area contributed by atoms with Gasteiger partial charge in [0.1, 0.15) is 17.8 Å². The van der Waals surface area contributed by atoms with Crippen molar-refractivity contribution >= 4 is 34.7 Å². The largest absolute Gasteiger partial charge is 0.443 e. The minimum absolute atomic E-state index is 0.114. The Morgan fingerprint density at radius 1 is 0.667 bits per heavy atom. The lowest BCUT2D eigenvalue weighted by molar-refractivity contribution is 0.0100. The molecule has 8 heteroatoms. The number of nitrogens with zero attached hydrogens (tertiary/aromatic N) is 2. The van der Waals surface area contributed by atoms with E-state index in [1.165, 1.54) is 0 Å². The Bertz CT molecular complexity index is 1220. The summed E-state index contributed by atoms with van der Waals surface area (Å²) in [5.41, 5.74) is -0.894. The zero-order chi connectivity index (χ0) is 26.5. The van der Waals surface area contributed by atoms with Crippen molar-refractivity contribution in [3.63, 3.8) is 0 Å². The van der Waals surface area contributed by atoms with Crippen LogP contribution in [0.3, 0.4) is 0 Å². The number of anilines is 1. The third kappa shape index (κ3) is 6.97. The fraction of sp³-hybridized carbons (Fsp3) is 0.321. The zero-order valence-corrected chi connectivity index (χ0v) is 21.5. The van der Waals surface area contributed by atoms with Crippen molar-refractivity contribution < 1.29 is 28.6 Å². The van der Waals surface area contributed by atoms with Crippen LogP contribution in [0.15, 0.2) is 72.8 Å². The molecule has 0 fully saturated rings. The summed E-state index contributed by atoms with van der Waals surface area (Å²) < 4.78 is 16.6. The van der Waals surface area contributed by atoms with Gasteiger partial charge in [0, 0.05) is 5.39 Å². The lowest BCUT2D eigenvalue weighted by Gasteiger charge is -2.35. The highest BCUT2D eigenvalue weighted by atomic mass is 16.6. The summed E-state index contributed by atoms with van der Waals surface area (Å²) in [5.74, 6) is 0. The number of amides is 3. The monoisotopic (exact) mass is 492 g/mol. The maximum Gasteiger partial charge on any atom is 0.440 e. The van der Waals surface area contributed by atoms with E-state index in [2.05, 4.69) is 0 Å².